The Morgan fingerprint density at radius 2 is 2.10 bits per heavy atom. The van der Waals surface area contributed by atoms with Gasteiger partial charge in [0.25, 0.3) is 0 Å². The zero-order valence-electron chi connectivity index (χ0n) is 11.8. The van der Waals surface area contributed by atoms with Crippen LogP contribution >= 0.6 is 0 Å². The maximum atomic E-state index is 13.9. The van der Waals surface area contributed by atoms with Crippen molar-refractivity contribution in [1.29, 1.82) is 0 Å². The maximum absolute atomic E-state index is 13.9. The Kier molecular flexibility index (Phi) is 3.88. The number of halogens is 2. The van der Waals surface area contributed by atoms with Crippen LogP contribution in [0.2, 0.25) is 0 Å². The number of fused-ring (bicyclic) bond motifs is 1. The fourth-order valence-corrected chi connectivity index (χ4v) is 2.85. The first-order valence-corrected chi connectivity index (χ1v) is 7.02. The van der Waals surface area contributed by atoms with Crippen LogP contribution in [-0.4, -0.2) is 13.7 Å². The highest BCUT2D eigenvalue weighted by Crippen LogP contribution is 2.30. The van der Waals surface area contributed by atoms with E-state index in [0.717, 1.165) is 30.3 Å². The predicted octanol–water partition coefficient (Wildman–Crippen LogP) is 3.40. The van der Waals surface area contributed by atoms with E-state index in [0.29, 0.717) is 12.0 Å². The van der Waals surface area contributed by atoms with E-state index in [9.17, 15) is 8.78 Å². The molecule has 1 heterocycles. The molecule has 3 rings (SSSR count). The van der Waals surface area contributed by atoms with Gasteiger partial charge in [0.05, 0.1) is 7.11 Å². The Balaban J connectivity index is 1.93. The summed E-state index contributed by atoms with van der Waals surface area (Å²) in [5.74, 6) is -0.773. The van der Waals surface area contributed by atoms with Gasteiger partial charge in [-0.25, -0.2) is 8.78 Å². The molecule has 2 nitrogen and oxygen atoms in total. The van der Waals surface area contributed by atoms with Crippen LogP contribution in [0, 0.1) is 11.6 Å². The van der Waals surface area contributed by atoms with Crippen molar-refractivity contribution in [2.24, 2.45) is 0 Å². The molecule has 1 aliphatic heterocycles. The molecule has 1 aliphatic rings. The van der Waals surface area contributed by atoms with Gasteiger partial charge in [0.2, 0.25) is 0 Å². The standard InChI is InChI=1S/C17H17F2NO/c1-21-13-6-5-11-7-8-20-16(14(11)10-13)9-12-3-2-4-15(18)17(12)19/h2-6,10,16,20H,7-9H2,1H3. The molecule has 1 atom stereocenters. The highest BCUT2D eigenvalue weighted by molar-refractivity contribution is 5.40. The molecule has 0 bridgehead atoms. The molecule has 0 spiro atoms. The summed E-state index contributed by atoms with van der Waals surface area (Å²) < 4.78 is 32.4. The molecule has 0 aliphatic carbocycles. The van der Waals surface area contributed by atoms with Crippen molar-refractivity contribution in [2.45, 2.75) is 18.9 Å². The van der Waals surface area contributed by atoms with Gasteiger partial charge in [-0.2, -0.15) is 0 Å². The fourth-order valence-electron chi connectivity index (χ4n) is 2.85. The molecular formula is C17H17F2NO. The van der Waals surface area contributed by atoms with E-state index in [-0.39, 0.29) is 6.04 Å². The van der Waals surface area contributed by atoms with Crippen molar-refractivity contribution in [3.05, 3.63) is 64.7 Å². The molecule has 21 heavy (non-hydrogen) atoms. The minimum absolute atomic E-state index is 0.0276. The summed E-state index contributed by atoms with van der Waals surface area (Å²) in [7, 11) is 1.62. The van der Waals surface area contributed by atoms with Crippen LogP contribution in [0.1, 0.15) is 22.7 Å². The molecule has 2 aromatic rings. The SMILES string of the molecule is COc1ccc2c(c1)C(Cc1cccc(F)c1F)NCC2. The number of nitrogens with one attached hydrogen (secondary N) is 1. The van der Waals surface area contributed by atoms with Crippen molar-refractivity contribution in [1.82, 2.24) is 5.32 Å². The molecule has 0 fully saturated rings. The Labute approximate surface area is 122 Å². The lowest BCUT2D eigenvalue weighted by Gasteiger charge is -2.27. The molecule has 1 N–H and O–H groups in total. The number of hydrogen-bond acceptors (Lipinski definition) is 2. The molecular weight excluding hydrogens is 272 g/mol. The van der Waals surface area contributed by atoms with Crippen LogP contribution in [0.4, 0.5) is 8.78 Å². The van der Waals surface area contributed by atoms with Crippen LogP contribution in [0.3, 0.4) is 0 Å². The number of methoxy groups -OCH3 is 1. The second kappa shape index (κ2) is 5.82. The largest absolute Gasteiger partial charge is 0.497 e. The Morgan fingerprint density at radius 1 is 1.24 bits per heavy atom. The quantitative estimate of drug-likeness (QED) is 0.935. The third kappa shape index (κ3) is 2.76. The average molecular weight is 289 g/mol. The predicted molar refractivity (Wildman–Crippen MR) is 77.5 cm³/mol. The molecule has 1 unspecified atom stereocenters. The van der Waals surface area contributed by atoms with Crippen LogP contribution in [0.25, 0.3) is 0 Å². The lowest BCUT2D eigenvalue weighted by molar-refractivity contribution is 0.410. The van der Waals surface area contributed by atoms with Gasteiger partial charge in [-0.05, 0) is 54.3 Å². The van der Waals surface area contributed by atoms with Gasteiger partial charge in [0.15, 0.2) is 11.6 Å². The summed E-state index contributed by atoms with van der Waals surface area (Å²) in [6.45, 7) is 0.834. The smallest absolute Gasteiger partial charge is 0.162 e. The van der Waals surface area contributed by atoms with Crippen molar-refractivity contribution in [3.8, 4) is 5.75 Å². The highest BCUT2D eigenvalue weighted by Gasteiger charge is 2.22. The third-order valence-electron chi connectivity index (χ3n) is 3.97. The summed E-state index contributed by atoms with van der Waals surface area (Å²) in [5, 5.41) is 3.38. The van der Waals surface area contributed by atoms with Gasteiger partial charge >= 0.3 is 0 Å². The first-order chi connectivity index (χ1) is 10.2. The van der Waals surface area contributed by atoms with Crippen LogP contribution in [0.5, 0.6) is 5.75 Å². The Hall–Kier alpha value is -1.94. The Morgan fingerprint density at radius 3 is 2.90 bits per heavy atom. The van der Waals surface area contributed by atoms with Gasteiger partial charge in [0.1, 0.15) is 5.75 Å². The molecule has 110 valence electrons. The summed E-state index contributed by atoms with van der Waals surface area (Å²) in [6.07, 6.45) is 1.35. The van der Waals surface area contributed by atoms with Crippen LogP contribution < -0.4 is 10.1 Å². The van der Waals surface area contributed by atoms with Gasteiger partial charge in [-0.15, -0.1) is 0 Å². The topological polar surface area (TPSA) is 21.3 Å². The van der Waals surface area contributed by atoms with E-state index in [1.807, 2.05) is 18.2 Å². The Bertz CT molecular complexity index is 657. The van der Waals surface area contributed by atoms with E-state index in [1.54, 1.807) is 19.2 Å². The van der Waals surface area contributed by atoms with Gasteiger partial charge in [-0.1, -0.05) is 18.2 Å². The first kappa shape index (κ1) is 14.0. The highest BCUT2D eigenvalue weighted by atomic mass is 19.2. The maximum Gasteiger partial charge on any atom is 0.162 e. The fraction of sp³-hybridized carbons (Fsp3) is 0.294. The molecule has 0 saturated heterocycles. The van der Waals surface area contributed by atoms with Crippen molar-refractivity contribution in [3.63, 3.8) is 0 Å². The van der Waals surface area contributed by atoms with Gasteiger partial charge in [-0.3, -0.25) is 0 Å². The molecule has 4 heteroatoms. The second-order valence-corrected chi connectivity index (χ2v) is 5.24. The molecule has 0 radical (unpaired) electrons. The van der Waals surface area contributed by atoms with Crippen molar-refractivity contribution in [2.75, 3.05) is 13.7 Å². The molecule has 0 aromatic heterocycles. The third-order valence-corrected chi connectivity index (χ3v) is 3.97. The minimum atomic E-state index is -0.797. The van der Waals surface area contributed by atoms with Crippen LogP contribution in [0.15, 0.2) is 36.4 Å². The van der Waals surface area contributed by atoms with Crippen LogP contribution in [-0.2, 0) is 12.8 Å². The zero-order chi connectivity index (χ0) is 14.8. The summed E-state index contributed by atoms with van der Waals surface area (Å²) in [4.78, 5) is 0. The van der Waals surface area contributed by atoms with E-state index in [1.165, 1.54) is 5.56 Å². The lowest BCUT2D eigenvalue weighted by atomic mass is 9.90. The number of ether oxygens (including phenoxy) is 1. The summed E-state index contributed by atoms with van der Waals surface area (Å²) in [5.41, 5.74) is 2.73. The minimum Gasteiger partial charge on any atom is -0.497 e. The van der Waals surface area contributed by atoms with Gasteiger partial charge in [0, 0.05) is 6.04 Å². The normalized spacial score (nSPS) is 17.4. The summed E-state index contributed by atoms with van der Waals surface area (Å²) >= 11 is 0. The molecule has 0 amide bonds. The molecule has 2 aromatic carbocycles. The summed E-state index contributed by atoms with van der Waals surface area (Å²) in [6, 6.07) is 10.2. The number of hydrogen-bond donors (Lipinski definition) is 1. The average Bonchev–Trinajstić information content (AvgIpc) is 2.51. The number of benzene rings is 2. The van der Waals surface area contributed by atoms with Gasteiger partial charge < -0.3 is 10.1 Å². The first-order valence-electron chi connectivity index (χ1n) is 7.02. The van der Waals surface area contributed by atoms with E-state index in [2.05, 4.69) is 5.32 Å². The van der Waals surface area contributed by atoms with Crippen molar-refractivity contribution < 1.29 is 13.5 Å². The van der Waals surface area contributed by atoms with E-state index >= 15 is 0 Å². The van der Waals surface area contributed by atoms with E-state index < -0.39 is 11.6 Å². The lowest BCUT2D eigenvalue weighted by Crippen LogP contribution is -2.31. The second-order valence-electron chi connectivity index (χ2n) is 5.24. The van der Waals surface area contributed by atoms with Crippen molar-refractivity contribution >= 4 is 0 Å². The van der Waals surface area contributed by atoms with E-state index in [4.69, 9.17) is 4.74 Å². The monoisotopic (exact) mass is 289 g/mol. The number of rotatable bonds is 3. The zero-order valence-corrected chi connectivity index (χ0v) is 11.8. The molecule has 0 saturated carbocycles.